The van der Waals surface area contributed by atoms with Crippen LogP contribution >= 0.6 is 0 Å². The van der Waals surface area contributed by atoms with E-state index in [1.54, 1.807) is 14.0 Å². The topological polar surface area (TPSA) is 112 Å². The smallest absolute Gasteiger partial charge is 0.212 e. The van der Waals surface area contributed by atoms with Crippen molar-refractivity contribution >= 4 is 17.5 Å². The second kappa shape index (κ2) is 5.37. The van der Waals surface area contributed by atoms with Crippen molar-refractivity contribution in [1.82, 2.24) is 20.8 Å². The van der Waals surface area contributed by atoms with Gasteiger partial charge in [0.05, 0.1) is 0 Å². The second-order valence-corrected chi connectivity index (χ2v) is 4.48. The molecule has 0 bridgehead atoms. The molecule has 0 saturated carbocycles. The quantitative estimate of drug-likeness (QED) is 0.382. The van der Waals surface area contributed by atoms with Crippen LogP contribution in [0.1, 0.15) is 26.0 Å². The highest BCUT2D eigenvalue weighted by Crippen LogP contribution is 2.32. The standard InChI is InChI=1S/C11H20N8/c1-4-5-16-19-10-17-7-8(11(2,12)18-10)14-6-15-9(7)13-3/h6,16H,4-5,12H2,1-3H3,(H,13,14,15)(H2,17,18,19). The highest BCUT2D eigenvalue weighted by molar-refractivity contribution is 5.98. The van der Waals surface area contributed by atoms with Gasteiger partial charge in [-0.05, 0) is 13.3 Å². The molecule has 0 aliphatic carbocycles. The first-order chi connectivity index (χ1) is 9.08. The minimum Gasteiger partial charge on any atom is -0.371 e. The molecule has 1 aliphatic heterocycles. The molecule has 0 radical (unpaired) electrons. The molecule has 2 rings (SSSR count). The second-order valence-electron chi connectivity index (χ2n) is 4.48. The number of hydrazine groups is 1. The molecule has 8 heteroatoms. The van der Waals surface area contributed by atoms with Crippen molar-refractivity contribution in [2.24, 2.45) is 10.7 Å². The third-order valence-electron chi connectivity index (χ3n) is 2.73. The molecule has 1 aromatic heterocycles. The van der Waals surface area contributed by atoms with Gasteiger partial charge in [0.1, 0.15) is 17.7 Å². The summed E-state index contributed by atoms with van der Waals surface area (Å²) in [5.74, 6) is 1.24. The van der Waals surface area contributed by atoms with E-state index in [1.165, 1.54) is 6.33 Å². The Labute approximate surface area is 112 Å². The van der Waals surface area contributed by atoms with Crippen LogP contribution in [0.2, 0.25) is 0 Å². The van der Waals surface area contributed by atoms with Gasteiger partial charge in [-0.15, -0.1) is 0 Å². The largest absolute Gasteiger partial charge is 0.371 e. The number of guanidine groups is 1. The summed E-state index contributed by atoms with van der Waals surface area (Å²) in [6.07, 6.45) is 2.49. The summed E-state index contributed by atoms with van der Waals surface area (Å²) in [7, 11) is 1.80. The van der Waals surface area contributed by atoms with Crippen LogP contribution in [0.4, 0.5) is 11.5 Å². The van der Waals surface area contributed by atoms with Gasteiger partial charge in [-0.3, -0.25) is 5.43 Å². The Morgan fingerprint density at radius 3 is 2.89 bits per heavy atom. The lowest BCUT2D eigenvalue weighted by atomic mass is 10.1. The third kappa shape index (κ3) is 2.74. The predicted octanol–water partition coefficient (Wildman–Crippen LogP) is -0.0646. The zero-order valence-corrected chi connectivity index (χ0v) is 11.4. The monoisotopic (exact) mass is 264 g/mol. The fraction of sp³-hybridized carbons (Fsp3) is 0.545. The lowest BCUT2D eigenvalue weighted by Crippen LogP contribution is -2.48. The van der Waals surface area contributed by atoms with Crippen molar-refractivity contribution in [2.45, 2.75) is 25.9 Å². The van der Waals surface area contributed by atoms with E-state index >= 15 is 0 Å². The molecule has 1 aliphatic rings. The Balaban J connectivity index is 2.28. The molecular formula is C11H20N8. The number of aromatic nitrogens is 2. The van der Waals surface area contributed by atoms with Crippen LogP contribution in [0.3, 0.4) is 0 Å². The maximum atomic E-state index is 6.19. The molecule has 1 unspecified atom stereocenters. The number of nitrogens with zero attached hydrogens (tertiary/aromatic N) is 3. The summed E-state index contributed by atoms with van der Waals surface area (Å²) >= 11 is 0. The first-order valence-corrected chi connectivity index (χ1v) is 6.26. The van der Waals surface area contributed by atoms with Crippen LogP contribution in [0.15, 0.2) is 11.3 Å². The minimum absolute atomic E-state index is 0.553. The Morgan fingerprint density at radius 2 is 2.21 bits per heavy atom. The van der Waals surface area contributed by atoms with Gasteiger partial charge in [0.15, 0.2) is 11.5 Å². The lowest BCUT2D eigenvalue weighted by molar-refractivity contribution is 0.494. The SMILES string of the molecule is CCCNNC1=NC(C)(N)c2ncnc(NC)c2N1. The van der Waals surface area contributed by atoms with Crippen LogP contribution in [0, 0.1) is 0 Å². The van der Waals surface area contributed by atoms with Gasteiger partial charge in [-0.2, -0.15) is 0 Å². The van der Waals surface area contributed by atoms with Gasteiger partial charge in [0.2, 0.25) is 5.96 Å². The third-order valence-corrected chi connectivity index (χ3v) is 2.73. The highest BCUT2D eigenvalue weighted by Gasteiger charge is 2.32. The molecular weight excluding hydrogens is 244 g/mol. The molecule has 0 aromatic carbocycles. The summed E-state index contributed by atoms with van der Waals surface area (Å²) < 4.78 is 0. The van der Waals surface area contributed by atoms with Crippen molar-refractivity contribution in [3.63, 3.8) is 0 Å². The average molecular weight is 264 g/mol. The fourth-order valence-electron chi connectivity index (χ4n) is 1.84. The number of aliphatic imine (C=N–C) groups is 1. The maximum absolute atomic E-state index is 6.19. The molecule has 104 valence electrons. The predicted molar refractivity (Wildman–Crippen MR) is 75.6 cm³/mol. The van der Waals surface area contributed by atoms with E-state index in [2.05, 4.69) is 43.4 Å². The van der Waals surface area contributed by atoms with Crippen molar-refractivity contribution in [2.75, 3.05) is 24.2 Å². The van der Waals surface area contributed by atoms with E-state index in [-0.39, 0.29) is 0 Å². The van der Waals surface area contributed by atoms with Crippen molar-refractivity contribution in [1.29, 1.82) is 0 Å². The normalized spacial score (nSPS) is 21.2. The number of fused-ring (bicyclic) bond motifs is 1. The van der Waals surface area contributed by atoms with E-state index < -0.39 is 5.66 Å². The first kappa shape index (κ1) is 13.5. The molecule has 1 atom stereocenters. The van der Waals surface area contributed by atoms with Crippen LogP contribution in [-0.4, -0.2) is 29.5 Å². The Bertz CT molecular complexity index is 482. The van der Waals surface area contributed by atoms with E-state index in [0.29, 0.717) is 17.5 Å². The van der Waals surface area contributed by atoms with Gasteiger partial charge >= 0.3 is 0 Å². The molecule has 0 fully saturated rings. The Hall–Kier alpha value is -1.93. The summed E-state index contributed by atoms with van der Waals surface area (Å²) in [6.45, 7) is 4.72. The van der Waals surface area contributed by atoms with Gasteiger partial charge in [-0.1, -0.05) is 6.92 Å². The molecule has 19 heavy (non-hydrogen) atoms. The minimum atomic E-state index is -0.897. The molecule has 8 nitrogen and oxygen atoms in total. The molecule has 0 saturated heterocycles. The number of nitrogens with two attached hydrogens (primary N) is 1. The summed E-state index contributed by atoms with van der Waals surface area (Å²) in [5, 5.41) is 6.15. The Kier molecular flexibility index (Phi) is 3.82. The van der Waals surface area contributed by atoms with E-state index in [9.17, 15) is 0 Å². The molecule has 2 heterocycles. The zero-order valence-electron chi connectivity index (χ0n) is 11.4. The fourth-order valence-corrected chi connectivity index (χ4v) is 1.84. The van der Waals surface area contributed by atoms with Crippen molar-refractivity contribution in [3.8, 4) is 0 Å². The number of nitrogens with one attached hydrogen (secondary N) is 4. The van der Waals surface area contributed by atoms with Crippen molar-refractivity contribution in [3.05, 3.63) is 12.0 Å². The first-order valence-electron chi connectivity index (χ1n) is 6.26. The van der Waals surface area contributed by atoms with Crippen LogP contribution in [0.25, 0.3) is 0 Å². The van der Waals surface area contributed by atoms with Gasteiger partial charge in [0, 0.05) is 13.6 Å². The molecule has 0 spiro atoms. The summed E-state index contributed by atoms with van der Waals surface area (Å²) in [6, 6.07) is 0. The zero-order chi connectivity index (χ0) is 13.9. The molecule has 0 amide bonds. The summed E-state index contributed by atoms with van der Waals surface area (Å²) in [4.78, 5) is 12.8. The van der Waals surface area contributed by atoms with Crippen LogP contribution in [0.5, 0.6) is 0 Å². The highest BCUT2D eigenvalue weighted by atomic mass is 15.4. The number of rotatable bonds is 4. The van der Waals surface area contributed by atoms with Crippen LogP contribution < -0.4 is 27.2 Å². The van der Waals surface area contributed by atoms with E-state index in [1.807, 2.05) is 0 Å². The van der Waals surface area contributed by atoms with Gasteiger partial charge in [0.25, 0.3) is 0 Å². The van der Waals surface area contributed by atoms with Gasteiger partial charge in [-0.25, -0.2) is 20.4 Å². The molecule has 1 aromatic rings. The van der Waals surface area contributed by atoms with E-state index in [4.69, 9.17) is 5.73 Å². The summed E-state index contributed by atoms with van der Waals surface area (Å²) in [5.41, 5.74) is 12.7. The molecule has 6 N–H and O–H groups in total. The number of anilines is 2. The van der Waals surface area contributed by atoms with Crippen molar-refractivity contribution < 1.29 is 0 Å². The lowest BCUT2D eigenvalue weighted by Gasteiger charge is -2.30. The van der Waals surface area contributed by atoms with Gasteiger partial charge < -0.3 is 16.4 Å². The van der Waals surface area contributed by atoms with E-state index in [0.717, 1.165) is 18.7 Å². The Morgan fingerprint density at radius 1 is 1.42 bits per heavy atom. The number of hydrogen-bond donors (Lipinski definition) is 5. The van der Waals surface area contributed by atoms with Crippen LogP contribution in [-0.2, 0) is 5.66 Å². The maximum Gasteiger partial charge on any atom is 0.212 e. The number of hydrogen-bond acceptors (Lipinski definition) is 8. The average Bonchev–Trinajstić information content (AvgIpc) is 2.38.